The number of aromatic nitrogens is 6. The Morgan fingerprint density at radius 2 is 2.03 bits per heavy atom. The lowest BCUT2D eigenvalue weighted by Crippen LogP contribution is -2.16. The molecule has 8 nitrogen and oxygen atoms in total. The van der Waals surface area contributed by atoms with E-state index in [1.54, 1.807) is 12.1 Å². The highest BCUT2D eigenvalue weighted by Gasteiger charge is 2.32. The van der Waals surface area contributed by atoms with E-state index in [-0.39, 0.29) is 29.7 Å². The molecule has 1 aromatic carbocycles. The lowest BCUT2D eigenvalue weighted by molar-refractivity contribution is 0.0868. The molecule has 0 aliphatic rings. The van der Waals surface area contributed by atoms with Gasteiger partial charge in [-0.05, 0) is 42.3 Å². The Bertz CT molecular complexity index is 1250. The summed E-state index contributed by atoms with van der Waals surface area (Å²) in [5.74, 6) is -1.12. The van der Waals surface area contributed by atoms with Crippen LogP contribution in [-0.2, 0) is 11.9 Å². The third-order valence-electron chi connectivity index (χ3n) is 4.07. The Morgan fingerprint density at radius 1 is 1.23 bits per heavy atom. The molecule has 0 radical (unpaired) electrons. The SMILES string of the molecule is Cc1cc(C(F)(F)Cl)n2nc(C(=O)Nc3ncn(Cc4cccc(F)c4)n3)cc2n1. The van der Waals surface area contributed by atoms with Crippen molar-refractivity contribution in [3.05, 3.63) is 71.2 Å². The number of nitrogens with one attached hydrogen (secondary N) is 1. The van der Waals surface area contributed by atoms with Crippen LogP contribution in [0.15, 0.2) is 42.7 Å². The summed E-state index contributed by atoms with van der Waals surface area (Å²) in [6.45, 7) is 1.76. The number of nitrogens with zero attached hydrogens (tertiary/aromatic N) is 6. The number of halogens is 4. The highest BCUT2D eigenvalue weighted by atomic mass is 35.5. The molecule has 154 valence electrons. The average molecular weight is 436 g/mol. The number of carbonyl (C=O) groups is 1. The van der Waals surface area contributed by atoms with Gasteiger partial charge in [-0.25, -0.2) is 23.6 Å². The predicted molar refractivity (Wildman–Crippen MR) is 101 cm³/mol. The fourth-order valence-corrected chi connectivity index (χ4v) is 2.96. The summed E-state index contributed by atoms with van der Waals surface area (Å²) >= 11 is 5.14. The molecule has 4 aromatic rings. The van der Waals surface area contributed by atoms with E-state index in [4.69, 9.17) is 11.6 Å². The van der Waals surface area contributed by atoms with E-state index in [0.717, 1.165) is 10.6 Å². The molecule has 0 fully saturated rings. The molecule has 1 N–H and O–H groups in total. The molecule has 1 amide bonds. The maximum absolute atomic E-state index is 13.7. The molecule has 0 unspecified atom stereocenters. The second-order valence-electron chi connectivity index (χ2n) is 6.43. The second-order valence-corrected chi connectivity index (χ2v) is 6.90. The van der Waals surface area contributed by atoms with E-state index < -0.39 is 17.0 Å². The van der Waals surface area contributed by atoms with Gasteiger partial charge in [-0.15, -0.1) is 5.10 Å². The van der Waals surface area contributed by atoms with Crippen molar-refractivity contribution in [3.8, 4) is 0 Å². The maximum atomic E-state index is 13.7. The van der Waals surface area contributed by atoms with E-state index in [1.807, 2.05) is 0 Å². The number of amides is 1. The van der Waals surface area contributed by atoms with Gasteiger partial charge < -0.3 is 0 Å². The van der Waals surface area contributed by atoms with Crippen LogP contribution in [0.1, 0.15) is 27.4 Å². The minimum absolute atomic E-state index is 0.0273. The molecule has 4 rings (SSSR count). The molecule has 12 heteroatoms. The summed E-state index contributed by atoms with van der Waals surface area (Å²) in [6, 6.07) is 8.31. The molecule has 0 spiro atoms. The number of benzene rings is 1. The number of hydrogen-bond acceptors (Lipinski definition) is 5. The molecule has 3 heterocycles. The van der Waals surface area contributed by atoms with Crippen molar-refractivity contribution in [3.63, 3.8) is 0 Å². The molecule has 0 atom stereocenters. The molecular weight excluding hydrogens is 423 g/mol. The Labute approximate surface area is 172 Å². The minimum Gasteiger partial charge on any atom is -0.288 e. The Morgan fingerprint density at radius 3 is 2.77 bits per heavy atom. The minimum atomic E-state index is -3.69. The number of alkyl halides is 3. The summed E-state index contributed by atoms with van der Waals surface area (Å²) in [6.07, 6.45) is 1.36. The Hall–Kier alpha value is -3.47. The lowest BCUT2D eigenvalue weighted by Gasteiger charge is -2.10. The number of aryl methyl sites for hydroxylation is 1. The van der Waals surface area contributed by atoms with Crippen molar-refractivity contribution in [2.45, 2.75) is 18.9 Å². The standard InChI is InChI=1S/C18H13ClF3N7O/c1-10-5-14(18(19,21)22)29-15(24-10)7-13(26-29)16(30)25-17-23-9-28(27-17)8-11-3-2-4-12(20)6-11/h2-7,9H,8H2,1H3,(H,25,27,30). The zero-order chi connectivity index (χ0) is 21.5. The maximum Gasteiger partial charge on any atom is 0.364 e. The van der Waals surface area contributed by atoms with E-state index in [2.05, 4.69) is 25.5 Å². The van der Waals surface area contributed by atoms with Crippen molar-refractivity contribution >= 4 is 29.1 Å². The van der Waals surface area contributed by atoms with Crippen LogP contribution in [0.4, 0.5) is 19.1 Å². The number of rotatable bonds is 5. The zero-order valence-corrected chi connectivity index (χ0v) is 16.1. The van der Waals surface area contributed by atoms with Crippen LogP contribution in [0.5, 0.6) is 0 Å². The number of carbonyl (C=O) groups excluding carboxylic acids is 1. The molecular formula is C18H13ClF3N7O. The summed E-state index contributed by atoms with van der Waals surface area (Å²) < 4.78 is 42.8. The normalized spacial score (nSPS) is 11.8. The van der Waals surface area contributed by atoms with E-state index in [0.29, 0.717) is 11.3 Å². The van der Waals surface area contributed by atoms with E-state index >= 15 is 0 Å². The van der Waals surface area contributed by atoms with Gasteiger partial charge in [-0.1, -0.05) is 12.1 Å². The van der Waals surface area contributed by atoms with E-state index in [9.17, 15) is 18.0 Å². The first kappa shape index (κ1) is 19.8. The van der Waals surface area contributed by atoms with Gasteiger partial charge in [0.15, 0.2) is 11.3 Å². The van der Waals surface area contributed by atoms with Crippen molar-refractivity contribution in [1.29, 1.82) is 0 Å². The summed E-state index contributed by atoms with van der Waals surface area (Å²) in [5, 5.41) is 6.70. The highest BCUT2D eigenvalue weighted by Crippen LogP contribution is 2.32. The summed E-state index contributed by atoms with van der Waals surface area (Å²) in [7, 11) is 0. The van der Waals surface area contributed by atoms with Crippen molar-refractivity contribution < 1.29 is 18.0 Å². The lowest BCUT2D eigenvalue weighted by atomic mass is 10.2. The van der Waals surface area contributed by atoms with Crippen LogP contribution in [0.25, 0.3) is 5.65 Å². The summed E-state index contributed by atoms with van der Waals surface area (Å²) in [4.78, 5) is 20.5. The summed E-state index contributed by atoms with van der Waals surface area (Å²) in [5.41, 5.74) is 0.219. The molecule has 0 aliphatic carbocycles. The fourth-order valence-electron chi connectivity index (χ4n) is 2.83. The van der Waals surface area contributed by atoms with Crippen LogP contribution < -0.4 is 5.32 Å². The van der Waals surface area contributed by atoms with Crippen LogP contribution in [0.2, 0.25) is 0 Å². The predicted octanol–water partition coefficient (Wildman–Crippen LogP) is 3.36. The van der Waals surface area contributed by atoms with Crippen molar-refractivity contribution in [2.75, 3.05) is 5.32 Å². The van der Waals surface area contributed by atoms with Crippen LogP contribution in [0, 0.1) is 12.7 Å². The van der Waals surface area contributed by atoms with E-state index in [1.165, 1.54) is 36.1 Å². The first-order valence-electron chi connectivity index (χ1n) is 8.59. The molecule has 0 aliphatic heterocycles. The number of hydrogen-bond donors (Lipinski definition) is 1. The van der Waals surface area contributed by atoms with Gasteiger partial charge in [0.05, 0.1) is 6.54 Å². The van der Waals surface area contributed by atoms with Gasteiger partial charge in [0.2, 0.25) is 5.95 Å². The highest BCUT2D eigenvalue weighted by molar-refractivity contribution is 6.21. The molecule has 0 bridgehead atoms. The van der Waals surface area contributed by atoms with Gasteiger partial charge in [-0.3, -0.25) is 10.1 Å². The number of anilines is 1. The molecule has 0 saturated heterocycles. The van der Waals surface area contributed by atoms with Crippen molar-refractivity contribution in [2.24, 2.45) is 0 Å². The van der Waals surface area contributed by atoms with Gasteiger partial charge >= 0.3 is 5.38 Å². The topological polar surface area (TPSA) is 90.0 Å². The average Bonchev–Trinajstić information content (AvgIpc) is 3.27. The molecule has 0 saturated carbocycles. The zero-order valence-electron chi connectivity index (χ0n) is 15.4. The second kappa shape index (κ2) is 7.41. The monoisotopic (exact) mass is 435 g/mol. The quantitative estimate of drug-likeness (QED) is 0.485. The fraction of sp³-hybridized carbons (Fsp3) is 0.167. The van der Waals surface area contributed by atoms with Crippen LogP contribution >= 0.6 is 11.6 Å². The Kier molecular flexibility index (Phi) is 4.90. The Balaban J connectivity index is 1.54. The van der Waals surface area contributed by atoms with Gasteiger partial charge in [-0.2, -0.15) is 13.9 Å². The number of fused-ring (bicyclic) bond motifs is 1. The third kappa shape index (κ3) is 4.10. The van der Waals surface area contributed by atoms with Crippen LogP contribution in [-0.4, -0.2) is 35.3 Å². The largest absolute Gasteiger partial charge is 0.364 e. The van der Waals surface area contributed by atoms with Gasteiger partial charge in [0.1, 0.15) is 17.8 Å². The van der Waals surface area contributed by atoms with Crippen LogP contribution in [0.3, 0.4) is 0 Å². The first-order valence-corrected chi connectivity index (χ1v) is 8.97. The molecule has 3 aromatic heterocycles. The smallest absolute Gasteiger partial charge is 0.288 e. The van der Waals surface area contributed by atoms with Crippen molar-refractivity contribution in [1.82, 2.24) is 29.4 Å². The van der Waals surface area contributed by atoms with Gasteiger partial charge in [0.25, 0.3) is 5.91 Å². The third-order valence-corrected chi connectivity index (χ3v) is 4.27. The first-order chi connectivity index (χ1) is 14.2. The van der Waals surface area contributed by atoms with Gasteiger partial charge in [0, 0.05) is 11.8 Å². The molecule has 30 heavy (non-hydrogen) atoms.